The van der Waals surface area contributed by atoms with Crippen molar-refractivity contribution in [1.29, 1.82) is 0 Å². The Morgan fingerprint density at radius 2 is 1.69 bits per heavy atom. The van der Waals surface area contributed by atoms with Crippen molar-refractivity contribution in [1.82, 2.24) is 4.31 Å². The van der Waals surface area contributed by atoms with Gasteiger partial charge in [0, 0.05) is 19.1 Å². The molecule has 0 aliphatic carbocycles. The molecule has 4 nitrogen and oxygen atoms in total. The lowest BCUT2D eigenvalue weighted by Crippen LogP contribution is -2.39. The number of sulfonamides is 1. The molecule has 0 bridgehead atoms. The summed E-state index contributed by atoms with van der Waals surface area (Å²) in [5.41, 5.74) is 5.60. The van der Waals surface area contributed by atoms with Crippen molar-refractivity contribution in [3.63, 3.8) is 0 Å². The highest BCUT2D eigenvalue weighted by Crippen LogP contribution is 2.03. The second-order valence-electron chi connectivity index (χ2n) is 3.03. The number of rotatable bonds is 6. The first-order valence-electron chi connectivity index (χ1n) is 4.71. The summed E-state index contributed by atoms with van der Waals surface area (Å²) >= 11 is 0. The molecule has 0 aromatic heterocycles. The van der Waals surface area contributed by atoms with Gasteiger partial charge < -0.3 is 5.73 Å². The monoisotopic (exact) mass is 208 g/mol. The molecule has 0 aliphatic rings. The van der Waals surface area contributed by atoms with Gasteiger partial charge >= 0.3 is 0 Å². The summed E-state index contributed by atoms with van der Waals surface area (Å²) in [7, 11) is -3.13. The van der Waals surface area contributed by atoms with Crippen LogP contribution in [0.15, 0.2) is 0 Å². The molecule has 0 saturated heterocycles. The summed E-state index contributed by atoms with van der Waals surface area (Å²) in [5, 5.41) is 0. The highest BCUT2D eigenvalue weighted by atomic mass is 32.2. The van der Waals surface area contributed by atoms with Crippen LogP contribution in [-0.2, 0) is 10.0 Å². The fourth-order valence-electron chi connectivity index (χ4n) is 1.11. The van der Waals surface area contributed by atoms with Gasteiger partial charge in [-0.2, -0.15) is 0 Å². The van der Waals surface area contributed by atoms with Crippen molar-refractivity contribution in [2.75, 3.05) is 18.8 Å². The Morgan fingerprint density at radius 1 is 1.23 bits per heavy atom. The van der Waals surface area contributed by atoms with Crippen LogP contribution in [0.3, 0.4) is 0 Å². The lowest BCUT2D eigenvalue weighted by Gasteiger charge is -2.20. The molecule has 1 unspecified atom stereocenters. The molecule has 0 aliphatic heterocycles. The maximum absolute atomic E-state index is 11.6. The summed E-state index contributed by atoms with van der Waals surface area (Å²) in [5.74, 6) is 0.0607. The molecule has 2 N–H and O–H groups in total. The molecule has 0 spiro atoms. The molecule has 0 aromatic carbocycles. The van der Waals surface area contributed by atoms with E-state index in [1.165, 1.54) is 4.31 Å². The summed E-state index contributed by atoms with van der Waals surface area (Å²) in [4.78, 5) is 0. The van der Waals surface area contributed by atoms with Gasteiger partial charge in [-0.15, -0.1) is 0 Å². The molecule has 0 fully saturated rings. The number of nitrogens with zero attached hydrogens (tertiary/aromatic N) is 1. The van der Waals surface area contributed by atoms with Crippen molar-refractivity contribution in [2.24, 2.45) is 5.73 Å². The standard InChI is InChI=1S/C8H20N2O2S/c1-4-8(9)7-13(11,12)10(5-2)6-3/h8H,4-7,9H2,1-3H3. The van der Waals surface area contributed by atoms with Gasteiger partial charge in [-0.25, -0.2) is 12.7 Å². The first kappa shape index (κ1) is 12.9. The third-order valence-corrected chi connectivity index (χ3v) is 4.20. The van der Waals surface area contributed by atoms with Gasteiger partial charge in [0.25, 0.3) is 0 Å². The van der Waals surface area contributed by atoms with Gasteiger partial charge in [0.2, 0.25) is 10.0 Å². The van der Waals surface area contributed by atoms with Crippen LogP contribution < -0.4 is 5.73 Å². The highest BCUT2D eigenvalue weighted by molar-refractivity contribution is 7.89. The van der Waals surface area contributed by atoms with Gasteiger partial charge in [0.05, 0.1) is 5.75 Å². The summed E-state index contributed by atoms with van der Waals surface area (Å²) in [6, 6.07) is -0.245. The smallest absolute Gasteiger partial charge is 0.215 e. The average Bonchev–Trinajstić information content (AvgIpc) is 2.05. The molecule has 0 heterocycles. The second kappa shape index (κ2) is 5.57. The maximum atomic E-state index is 11.6. The van der Waals surface area contributed by atoms with E-state index >= 15 is 0 Å². The van der Waals surface area contributed by atoms with Gasteiger partial charge in [0.15, 0.2) is 0 Å². The van der Waals surface area contributed by atoms with Crippen LogP contribution in [0.2, 0.25) is 0 Å². The van der Waals surface area contributed by atoms with Gasteiger partial charge in [-0.3, -0.25) is 0 Å². The average molecular weight is 208 g/mol. The highest BCUT2D eigenvalue weighted by Gasteiger charge is 2.20. The minimum Gasteiger partial charge on any atom is -0.327 e. The van der Waals surface area contributed by atoms with Crippen LogP contribution in [0, 0.1) is 0 Å². The topological polar surface area (TPSA) is 63.4 Å². The fraction of sp³-hybridized carbons (Fsp3) is 1.00. The molecule has 80 valence electrons. The maximum Gasteiger partial charge on any atom is 0.215 e. The Kier molecular flexibility index (Phi) is 5.51. The molecule has 0 rings (SSSR count). The summed E-state index contributed by atoms with van der Waals surface area (Å²) < 4.78 is 24.7. The Morgan fingerprint density at radius 3 is 2.00 bits per heavy atom. The molecular formula is C8H20N2O2S. The third kappa shape index (κ3) is 4.06. The third-order valence-electron chi connectivity index (χ3n) is 2.05. The van der Waals surface area contributed by atoms with E-state index in [1.54, 1.807) is 0 Å². The molecule has 0 aromatic rings. The SMILES string of the molecule is CCC(N)CS(=O)(=O)N(CC)CC. The van der Waals surface area contributed by atoms with E-state index in [2.05, 4.69) is 0 Å². The Hall–Kier alpha value is -0.130. The minimum atomic E-state index is -3.13. The molecule has 5 heteroatoms. The van der Waals surface area contributed by atoms with Crippen LogP contribution in [0.25, 0.3) is 0 Å². The summed E-state index contributed by atoms with van der Waals surface area (Å²) in [6.07, 6.45) is 0.695. The quantitative estimate of drug-likeness (QED) is 0.687. The van der Waals surface area contributed by atoms with Gasteiger partial charge in [-0.1, -0.05) is 20.8 Å². The molecule has 0 saturated carbocycles. The van der Waals surface area contributed by atoms with E-state index in [4.69, 9.17) is 5.73 Å². The predicted octanol–water partition coefficient (Wildman–Crippen LogP) is 0.395. The van der Waals surface area contributed by atoms with Crippen molar-refractivity contribution in [3.05, 3.63) is 0 Å². The molecular weight excluding hydrogens is 188 g/mol. The molecule has 0 amide bonds. The van der Waals surface area contributed by atoms with Crippen molar-refractivity contribution >= 4 is 10.0 Å². The van der Waals surface area contributed by atoms with Crippen LogP contribution in [0.5, 0.6) is 0 Å². The van der Waals surface area contributed by atoms with Crippen LogP contribution in [0.4, 0.5) is 0 Å². The number of nitrogens with two attached hydrogens (primary N) is 1. The molecule has 1 atom stereocenters. The minimum absolute atomic E-state index is 0.0607. The van der Waals surface area contributed by atoms with E-state index < -0.39 is 10.0 Å². The van der Waals surface area contributed by atoms with Crippen molar-refractivity contribution in [2.45, 2.75) is 33.2 Å². The first-order chi connectivity index (χ1) is 5.97. The zero-order valence-electron chi connectivity index (χ0n) is 8.66. The largest absolute Gasteiger partial charge is 0.327 e. The van der Waals surface area contributed by atoms with Crippen LogP contribution in [0.1, 0.15) is 27.2 Å². The van der Waals surface area contributed by atoms with Gasteiger partial charge in [0.1, 0.15) is 0 Å². The van der Waals surface area contributed by atoms with E-state index in [-0.39, 0.29) is 11.8 Å². The lowest BCUT2D eigenvalue weighted by molar-refractivity contribution is 0.441. The first-order valence-corrected chi connectivity index (χ1v) is 6.32. The molecule has 0 radical (unpaired) electrons. The van der Waals surface area contributed by atoms with E-state index in [1.807, 2.05) is 20.8 Å². The van der Waals surface area contributed by atoms with E-state index in [0.717, 1.165) is 0 Å². The van der Waals surface area contributed by atoms with E-state index in [0.29, 0.717) is 19.5 Å². The number of hydrogen-bond donors (Lipinski definition) is 1. The van der Waals surface area contributed by atoms with Gasteiger partial charge in [-0.05, 0) is 6.42 Å². The predicted molar refractivity (Wildman–Crippen MR) is 55.0 cm³/mol. The molecule has 13 heavy (non-hydrogen) atoms. The summed E-state index contributed by atoms with van der Waals surface area (Å²) in [6.45, 7) is 6.60. The number of hydrogen-bond acceptors (Lipinski definition) is 3. The Bertz CT molecular complexity index is 222. The van der Waals surface area contributed by atoms with Crippen molar-refractivity contribution in [3.8, 4) is 0 Å². The zero-order valence-corrected chi connectivity index (χ0v) is 9.47. The van der Waals surface area contributed by atoms with Crippen LogP contribution >= 0.6 is 0 Å². The fourth-order valence-corrected chi connectivity index (χ4v) is 2.89. The zero-order chi connectivity index (χ0) is 10.5. The Labute approximate surface area is 81.2 Å². The van der Waals surface area contributed by atoms with E-state index in [9.17, 15) is 8.42 Å². The Balaban J connectivity index is 4.38. The second-order valence-corrected chi connectivity index (χ2v) is 5.04. The normalized spacial score (nSPS) is 14.8. The van der Waals surface area contributed by atoms with Crippen molar-refractivity contribution < 1.29 is 8.42 Å². The lowest BCUT2D eigenvalue weighted by atomic mass is 10.3. The van der Waals surface area contributed by atoms with Crippen LogP contribution in [-0.4, -0.2) is 37.6 Å².